The summed E-state index contributed by atoms with van der Waals surface area (Å²) in [6, 6.07) is 3.96. The lowest BCUT2D eigenvalue weighted by Gasteiger charge is -2.15. The third-order valence-corrected chi connectivity index (χ3v) is 3.37. The zero-order chi connectivity index (χ0) is 16.0. The number of carbonyl (C=O) groups is 2. The van der Waals surface area contributed by atoms with Gasteiger partial charge in [-0.05, 0) is 31.9 Å². The lowest BCUT2D eigenvalue weighted by Crippen LogP contribution is -2.33. The summed E-state index contributed by atoms with van der Waals surface area (Å²) in [5.41, 5.74) is 5.48. The van der Waals surface area contributed by atoms with Crippen molar-refractivity contribution in [3.63, 3.8) is 0 Å². The molecular formula is C15H21FN2O3. The number of para-hydroxylation sites is 1. The number of rotatable bonds is 7. The van der Waals surface area contributed by atoms with Crippen molar-refractivity contribution < 1.29 is 19.1 Å². The summed E-state index contributed by atoms with van der Waals surface area (Å²) >= 11 is 0. The molecule has 6 heteroatoms. The Morgan fingerprint density at radius 3 is 2.62 bits per heavy atom. The molecule has 0 aromatic heterocycles. The number of hydrogen-bond donors (Lipinski definition) is 3. The Labute approximate surface area is 123 Å². The van der Waals surface area contributed by atoms with E-state index in [-0.39, 0.29) is 17.3 Å². The van der Waals surface area contributed by atoms with E-state index in [2.05, 4.69) is 5.32 Å². The van der Waals surface area contributed by atoms with E-state index in [1.165, 1.54) is 18.2 Å². The molecule has 1 rings (SSSR count). The first-order valence-corrected chi connectivity index (χ1v) is 6.90. The van der Waals surface area contributed by atoms with Crippen molar-refractivity contribution in [3.8, 4) is 0 Å². The van der Waals surface area contributed by atoms with E-state index in [4.69, 9.17) is 10.8 Å². The fourth-order valence-corrected chi connectivity index (χ4v) is 1.96. The quantitative estimate of drug-likeness (QED) is 0.674. The standard InChI is InChI=1S/C15H21FN2O3/c1-9(15(20)21)5-3-6-10(2)18-14(19)11-7-4-8-12(16)13(11)17/h4,7-10H,3,5-6,17H2,1-2H3,(H,18,19)(H,20,21). The summed E-state index contributed by atoms with van der Waals surface area (Å²) in [6.45, 7) is 3.47. The minimum absolute atomic E-state index is 0.112. The molecule has 2 atom stereocenters. The van der Waals surface area contributed by atoms with Crippen LogP contribution in [-0.2, 0) is 4.79 Å². The molecule has 0 heterocycles. The second-order valence-electron chi connectivity index (χ2n) is 5.25. The molecule has 0 saturated carbocycles. The Bertz CT molecular complexity index is 520. The maximum Gasteiger partial charge on any atom is 0.306 e. The molecule has 0 spiro atoms. The average Bonchev–Trinajstić information content (AvgIpc) is 2.41. The van der Waals surface area contributed by atoms with E-state index in [0.29, 0.717) is 19.3 Å². The summed E-state index contributed by atoms with van der Waals surface area (Å²) in [7, 11) is 0. The average molecular weight is 296 g/mol. The molecule has 0 aliphatic rings. The number of amides is 1. The number of halogens is 1. The Morgan fingerprint density at radius 1 is 1.33 bits per heavy atom. The number of nitrogens with two attached hydrogens (primary N) is 1. The van der Waals surface area contributed by atoms with Crippen LogP contribution >= 0.6 is 0 Å². The number of carboxylic acids is 1. The van der Waals surface area contributed by atoms with Crippen LogP contribution in [0, 0.1) is 11.7 Å². The normalized spacial score (nSPS) is 13.5. The van der Waals surface area contributed by atoms with E-state index in [9.17, 15) is 14.0 Å². The predicted octanol–water partition coefficient (Wildman–Crippen LogP) is 2.42. The van der Waals surface area contributed by atoms with Crippen molar-refractivity contribution in [3.05, 3.63) is 29.6 Å². The van der Waals surface area contributed by atoms with Crippen LogP contribution in [0.3, 0.4) is 0 Å². The maximum absolute atomic E-state index is 13.3. The van der Waals surface area contributed by atoms with Gasteiger partial charge in [-0.1, -0.05) is 19.4 Å². The number of benzene rings is 1. The second-order valence-corrected chi connectivity index (χ2v) is 5.25. The van der Waals surface area contributed by atoms with Crippen molar-refractivity contribution in [2.24, 2.45) is 5.92 Å². The number of carbonyl (C=O) groups excluding carboxylic acids is 1. The zero-order valence-electron chi connectivity index (χ0n) is 12.2. The summed E-state index contributed by atoms with van der Waals surface area (Å²) in [6.07, 6.45) is 1.89. The van der Waals surface area contributed by atoms with Crippen LogP contribution in [0.5, 0.6) is 0 Å². The van der Waals surface area contributed by atoms with Gasteiger partial charge in [-0.25, -0.2) is 4.39 Å². The summed E-state index contributed by atoms with van der Waals surface area (Å²) in [5, 5.41) is 11.5. The molecule has 1 aromatic rings. The third-order valence-electron chi connectivity index (χ3n) is 3.37. The Kier molecular flexibility index (Phi) is 6.14. The van der Waals surface area contributed by atoms with Gasteiger partial charge in [0, 0.05) is 6.04 Å². The molecule has 2 unspecified atom stereocenters. The van der Waals surface area contributed by atoms with E-state index in [1.54, 1.807) is 6.92 Å². The van der Waals surface area contributed by atoms with Crippen LogP contribution in [0.2, 0.25) is 0 Å². The maximum atomic E-state index is 13.3. The van der Waals surface area contributed by atoms with E-state index in [0.717, 1.165) is 0 Å². The molecule has 21 heavy (non-hydrogen) atoms. The van der Waals surface area contributed by atoms with Crippen molar-refractivity contribution >= 4 is 17.6 Å². The lowest BCUT2D eigenvalue weighted by atomic mass is 10.0. The van der Waals surface area contributed by atoms with Crippen molar-refractivity contribution in [2.45, 2.75) is 39.2 Å². The number of hydrogen-bond acceptors (Lipinski definition) is 3. The molecule has 0 saturated heterocycles. The van der Waals surface area contributed by atoms with Crippen LogP contribution < -0.4 is 11.1 Å². The third kappa shape index (κ3) is 5.06. The first-order chi connectivity index (χ1) is 9.82. The van der Waals surface area contributed by atoms with Crippen LogP contribution in [0.1, 0.15) is 43.5 Å². The van der Waals surface area contributed by atoms with Gasteiger partial charge < -0.3 is 16.2 Å². The summed E-state index contributed by atoms with van der Waals surface area (Å²) in [4.78, 5) is 22.7. The molecule has 1 amide bonds. The fourth-order valence-electron chi connectivity index (χ4n) is 1.96. The number of carboxylic acid groups (broad SMARTS) is 1. The molecule has 0 bridgehead atoms. The van der Waals surface area contributed by atoms with Gasteiger partial charge in [0.25, 0.3) is 5.91 Å². The van der Waals surface area contributed by atoms with Crippen molar-refractivity contribution in [1.82, 2.24) is 5.32 Å². The molecule has 0 aliphatic heterocycles. The van der Waals surface area contributed by atoms with Gasteiger partial charge in [-0.15, -0.1) is 0 Å². The van der Waals surface area contributed by atoms with Gasteiger partial charge in [-0.2, -0.15) is 0 Å². The monoisotopic (exact) mass is 296 g/mol. The molecule has 4 N–H and O–H groups in total. The molecule has 0 radical (unpaired) electrons. The topological polar surface area (TPSA) is 92.4 Å². The Balaban J connectivity index is 2.47. The number of nitrogen functional groups attached to an aromatic ring is 1. The van der Waals surface area contributed by atoms with Crippen LogP contribution in [0.25, 0.3) is 0 Å². The minimum atomic E-state index is -0.820. The van der Waals surface area contributed by atoms with E-state index in [1.807, 2.05) is 6.92 Å². The van der Waals surface area contributed by atoms with Crippen molar-refractivity contribution in [1.29, 1.82) is 0 Å². The first-order valence-electron chi connectivity index (χ1n) is 6.90. The highest BCUT2D eigenvalue weighted by atomic mass is 19.1. The Morgan fingerprint density at radius 2 is 2.00 bits per heavy atom. The lowest BCUT2D eigenvalue weighted by molar-refractivity contribution is -0.141. The summed E-state index contributed by atoms with van der Waals surface area (Å²) in [5.74, 6) is -2.26. The first kappa shape index (κ1) is 16.9. The largest absolute Gasteiger partial charge is 0.481 e. The molecule has 0 aliphatic carbocycles. The van der Waals surface area contributed by atoms with Crippen LogP contribution in [0.4, 0.5) is 10.1 Å². The minimum Gasteiger partial charge on any atom is -0.481 e. The smallest absolute Gasteiger partial charge is 0.306 e. The van der Waals surface area contributed by atoms with Crippen LogP contribution in [0.15, 0.2) is 18.2 Å². The molecule has 0 fully saturated rings. The van der Waals surface area contributed by atoms with Gasteiger partial charge in [-0.3, -0.25) is 9.59 Å². The fraction of sp³-hybridized carbons (Fsp3) is 0.467. The number of anilines is 1. The van der Waals surface area contributed by atoms with E-state index < -0.39 is 23.6 Å². The van der Waals surface area contributed by atoms with Gasteiger partial charge in [0.05, 0.1) is 17.2 Å². The highest BCUT2D eigenvalue weighted by Gasteiger charge is 2.15. The molecule has 5 nitrogen and oxygen atoms in total. The number of aliphatic carboxylic acids is 1. The molecule has 116 valence electrons. The van der Waals surface area contributed by atoms with Gasteiger partial charge in [0.2, 0.25) is 0 Å². The van der Waals surface area contributed by atoms with Crippen LogP contribution in [-0.4, -0.2) is 23.0 Å². The van der Waals surface area contributed by atoms with Gasteiger partial charge in [0.15, 0.2) is 0 Å². The van der Waals surface area contributed by atoms with Gasteiger partial charge in [0.1, 0.15) is 5.82 Å². The van der Waals surface area contributed by atoms with Gasteiger partial charge >= 0.3 is 5.97 Å². The second kappa shape index (κ2) is 7.61. The Hall–Kier alpha value is -2.11. The molecule has 1 aromatic carbocycles. The summed E-state index contributed by atoms with van der Waals surface area (Å²) < 4.78 is 13.3. The van der Waals surface area contributed by atoms with Crippen molar-refractivity contribution in [2.75, 3.05) is 5.73 Å². The highest BCUT2D eigenvalue weighted by molar-refractivity contribution is 5.99. The SMILES string of the molecule is CC(CCCC(C)C(=O)O)NC(=O)c1cccc(F)c1N. The van der Waals surface area contributed by atoms with E-state index >= 15 is 0 Å². The zero-order valence-corrected chi connectivity index (χ0v) is 12.2. The predicted molar refractivity (Wildman–Crippen MR) is 78.4 cm³/mol. The highest BCUT2D eigenvalue weighted by Crippen LogP contribution is 2.16. The number of nitrogens with one attached hydrogen (secondary N) is 1. The molecular weight excluding hydrogens is 275 g/mol.